The van der Waals surface area contributed by atoms with Gasteiger partial charge in [-0.1, -0.05) is 29.0 Å². The van der Waals surface area contributed by atoms with Crippen LogP contribution in [0.15, 0.2) is 42.5 Å². The summed E-state index contributed by atoms with van der Waals surface area (Å²) in [6, 6.07) is 13.3. The molecule has 2 aromatic heterocycles. The average molecular weight is 423 g/mol. The third kappa shape index (κ3) is 4.01. The fraction of sp³-hybridized carbons (Fsp3) is 0.150. The van der Waals surface area contributed by atoms with Crippen molar-refractivity contribution in [1.82, 2.24) is 25.1 Å². The quantitative estimate of drug-likeness (QED) is 0.487. The second kappa shape index (κ2) is 7.69. The first-order valence-corrected chi connectivity index (χ1v) is 10.1. The van der Waals surface area contributed by atoms with Gasteiger partial charge in [-0.2, -0.15) is 9.61 Å². The molecule has 4 aromatic rings. The van der Waals surface area contributed by atoms with Gasteiger partial charge in [0.15, 0.2) is 10.9 Å². The average Bonchev–Trinajstić information content (AvgIpc) is 3.25. The van der Waals surface area contributed by atoms with E-state index < -0.39 is 0 Å². The molecular weight excluding hydrogens is 404 g/mol. The Labute approximate surface area is 176 Å². The Bertz CT molecular complexity index is 1240. The van der Waals surface area contributed by atoms with Gasteiger partial charge in [0.05, 0.1) is 0 Å². The predicted molar refractivity (Wildman–Crippen MR) is 118 cm³/mol. The number of nitrogens with zero attached hydrogens (tertiary/aromatic N) is 4. The number of aromatic nitrogens is 4. The number of carbonyl (C=O) groups is 1. The lowest BCUT2D eigenvalue weighted by Gasteiger charge is -2.12. The zero-order valence-electron chi connectivity index (χ0n) is 16.1. The molecule has 0 fully saturated rings. The highest BCUT2D eigenvalue weighted by Crippen LogP contribution is 2.28. The maximum atomic E-state index is 12.3. The minimum atomic E-state index is -0.240. The van der Waals surface area contributed by atoms with Gasteiger partial charge in [0.1, 0.15) is 5.01 Å². The maximum Gasteiger partial charge on any atom is 0.257 e. The Hall–Kier alpha value is -3.17. The van der Waals surface area contributed by atoms with E-state index in [4.69, 9.17) is 12.2 Å². The van der Waals surface area contributed by atoms with Crippen LogP contribution in [0.4, 0.5) is 5.69 Å². The van der Waals surface area contributed by atoms with Crippen molar-refractivity contribution in [3.8, 4) is 10.6 Å². The van der Waals surface area contributed by atoms with E-state index in [1.165, 1.54) is 11.3 Å². The van der Waals surface area contributed by atoms with Gasteiger partial charge in [-0.15, -0.1) is 10.2 Å². The molecule has 0 aliphatic heterocycles. The van der Waals surface area contributed by atoms with E-state index in [0.29, 0.717) is 5.56 Å². The molecule has 7 nitrogen and oxygen atoms in total. The molecule has 0 aliphatic carbocycles. The maximum absolute atomic E-state index is 12.3. The summed E-state index contributed by atoms with van der Waals surface area (Å²) in [6.07, 6.45) is 0. The summed E-state index contributed by atoms with van der Waals surface area (Å²) < 4.78 is 1.73. The number of nitrogens with one attached hydrogen (secondary N) is 2. The normalized spacial score (nSPS) is 10.9. The summed E-state index contributed by atoms with van der Waals surface area (Å²) in [4.78, 5) is 13.1. The van der Waals surface area contributed by atoms with Crippen LogP contribution in [-0.4, -0.2) is 30.8 Å². The molecule has 0 saturated carbocycles. The third-order valence-corrected chi connectivity index (χ3v) is 5.53. The summed E-state index contributed by atoms with van der Waals surface area (Å²) in [6.45, 7) is 5.78. The lowest BCUT2D eigenvalue weighted by molar-refractivity contribution is 0.0977. The van der Waals surface area contributed by atoms with Gasteiger partial charge in [0.2, 0.25) is 4.96 Å². The van der Waals surface area contributed by atoms with E-state index >= 15 is 0 Å². The molecule has 9 heteroatoms. The Morgan fingerprint density at radius 1 is 1.10 bits per heavy atom. The summed E-state index contributed by atoms with van der Waals surface area (Å²) in [5.41, 5.74) is 4.38. The van der Waals surface area contributed by atoms with Crippen molar-refractivity contribution in [1.29, 1.82) is 0 Å². The van der Waals surface area contributed by atoms with Crippen LogP contribution >= 0.6 is 23.6 Å². The molecule has 1 amide bonds. The largest absolute Gasteiger partial charge is 0.332 e. The third-order valence-electron chi connectivity index (χ3n) is 4.38. The van der Waals surface area contributed by atoms with Gasteiger partial charge in [-0.25, -0.2) is 0 Å². The minimum absolute atomic E-state index is 0.240. The number of fused-ring (bicyclic) bond motifs is 1. The summed E-state index contributed by atoms with van der Waals surface area (Å²) in [5, 5.41) is 19.6. The van der Waals surface area contributed by atoms with Crippen LogP contribution in [0.2, 0.25) is 0 Å². The van der Waals surface area contributed by atoms with Crippen molar-refractivity contribution >= 4 is 45.2 Å². The lowest BCUT2D eigenvalue weighted by Crippen LogP contribution is -2.34. The SMILES string of the molecule is Cc1cccc(C(=O)NC(=S)Nc2ccc(-c3nn4c(C)nnc4s3)cc2C)c1. The molecule has 0 radical (unpaired) electrons. The molecule has 4 rings (SSSR count). The number of benzene rings is 2. The van der Waals surface area contributed by atoms with E-state index in [1.54, 1.807) is 10.6 Å². The number of hydrogen-bond acceptors (Lipinski definition) is 6. The summed E-state index contributed by atoms with van der Waals surface area (Å²) >= 11 is 6.79. The van der Waals surface area contributed by atoms with E-state index in [1.807, 2.05) is 57.2 Å². The first-order valence-electron chi connectivity index (χ1n) is 8.89. The Kier molecular flexibility index (Phi) is 5.08. The van der Waals surface area contributed by atoms with Crippen molar-refractivity contribution in [2.75, 3.05) is 5.32 Å². The zero-order valence-corrected chi connectivity index (χ0v) is 17.7. The molecule has 0 spiro atoms. The number of amides is 1. The fourth-order valence-electron chi connectivity index (χ4n) is 2.88. The molecule has 29 heavy (non-hydrogen) atoms. The molecule has 0 aliphatic rings. The first kappa shape index (κ1) is 19.2. The number of rotatable bonds is 3. The van der Waals surface area contributed by atoms with Gasteiger partial charge in [-0.05, 0) is 68.9 Å². The smallest absolute Gasteiger partial charge is 0.257 e. The highest BCUT2D eigenvalue weighted by atomic mass is 32.1. The van der Waals surface area contributed by atoms with Gasteiger partial charge >= 0.3 is 0 Å². The van der Waals surface area contributed by atoms with Gasteiger partial charge < -0.3 is 5.32 Å². The topological polar surface area (TPSA) is 84.2 Å². The standard InChI is InChI=1S/C20H18N6OS2/c1-11-5-4-6-14(9-11)17(27)22-19(28)21-16-8-7-15(10-12(16)2)18-25-26-13(3)23-24-20(26)29-18/h4-10H,1-3H3,(H2,21,22,27,28). The number of thiocarbonyl (C=S) groups is 1. The second-order valence-electron chi connectivity index (χ2n) is 6.66. The van der Waals surface area contributed by atoms with Crippen LogP contribution < -0.4 is 10.6 Å². The van der Waals surface area contributed by atoms with Crippen LogP contribution in [0.1, 0.15) is 27.3 Å². The fourth-order valence-corrected chi connectivity index (χ4v) is 3.97. The molecular formula is C20H18N6OS2. The molecule has 2 heterocycles. The highest BCUT2D eigenvalue weighted by Gasteiger charge is 2.13. The van der Waals surface area contributed by atoms with E-state index in [0.717, 1.165) is 38.2 Å². The van der Waals surface area contributed by atoms with Crippen LogP contribution in [0.3, 0.4) is 0 Å². The Morgan fingerprint density at radius 3 is 2.66 bits per heavy atom. The zero-order chi connectivity index (χ0) is 20.5. The summed E-state index contributed by atoms with van der Waals surface area (Å²) in [7, 11) is 0. The minimum Gasteiger partial charge on any atom is -0.332 e. The van der Waals surface area contributed by atoms with Crippen molar-refractivity contribution < 1.29 is 4.79 Å². The monoisotopic (exact) mass is 422 g/mol. The molecule has 2 N–H and O–H groups in total. The highest BCUT2D eigenvalue weighted by molar-refractivity contribution is 7.80. The molecule has 0 atom stereocenters. The molecule has 0 bridgehead atoms. The van der Waals surface area contributed by atoms with Crippen molar-refractivity contribution in [3.63, 3.8) is 0 Å². The molecule has 0 saturated heterocycles. The molecule has 0 unspecified atom stereocenters. The molecule has 146 valence electrons. The van der Waals surface area contributed by atoms with Gasteiger partial charge in [0.25, 0.3) is 5.91 Å². The number of carbonyl (C=O) groups excluding carboxylic acids is 1. The van der Waals surface area contributed by atoms with Crippen LogP contribution in [0.25, 0.3) is 15.5 Å². The molecule has 2 aromatic carbocycles. The van der Waals surface area contributed by atoms with E-state index in [2.05, 4.69) is 25.9 Å². The Morgan fingerprint density at radius 2 is 1.93 bits per heavy atom. The lowest BCUT2D eigenvalue weighted by atomic mass is 10.1. The van der Waals surface area contributed by atoms with Gasteiger partial charge in [0, 0.05) is 16.8 Å². The van der Waals surface area contributed by atoms with E-state index in [-0.39, 0.29) is 11.0 Å². The Balaban J connectivity index is 1.47. The number of aryl methyl sites for hydroxylation is 3. The first-order chi connectivity index (χ1) is 13.9. The van der Waals surface area contributed by atoms with Crippen molar-refractivity contribution in [2.45, 2.75) is 20.8 Å². The van der Waals surface area contributed by atoms with Crippen LogP contribution in [-0.2, 0) is 0 Å². The van der Waals surface area contributed by atoms with Crippen LogP contribution in [0.5, 0.6) is 0 Å². The van der Waals surface area contributed by atoms with Crippen molar-refractivity contribution in [3.05, 3.63) is 65.0 Å². The summed E-state index contributed by atoms with van der Waals surface area (Å²) in [5.74, 6) is 0.516. The number of hydrogen-bond donors (Lipinski definition) is 2. The van der Waals surface area contributed by atoms with Crippen LogP contribution in [0, 0.1) is 20.8 Å². The number of anilines is 1. The predicted octanol–water partition coefficient (Wildman–Crippen LogP) is 3.90. The second-order valence-corrected chi connectivity index (χ2v) is 8.02. The van der Waals surface area contributed by atoms with Gasteiger partial charge in [-0.3, -0.25) is 10.1 Å². The van der Waals surface area contributed by atoms with Crippen molar-refractivity contribution in [2.24, 2.45) is 0 Å². The van der Waals surface area contributed by atoms with E-state index in [9.17, 15) is 4.79 Å².